The molecule has 0 aliphatic carbocycles. The summed E-state index contributed by atoms with van der Waals surface area (Å²) in [5.74, 6) is 0. The molecule has 2 heteroatoms. The molecule has 0 amide bonds. The van der Waals surface area contributed by atoms with Crippen LogP contribution in [0.5, 0.6) is 0 Å². The van der Waals surface area contributed by atoms with Crippen LogP contribution in [0, 0.1) is 0 Å². The summed E-state index contributed by atoms with van der Waals surface area (Å²) in [6.45, 7) is 0. The lowest BCUT2D eigenvalue weighted by Gasteiger charge is -2.28. The van der Waals surface area contributed by atoms with E-state index in [1.807, 2.05) is 12.1 Å². The maximum absolute atomic E-state index is 6.22. The molecule has 2 nitrogen and oxygen atoms in total. The van der Waals surface area contributed by atoms with Crippen LogP contribution in [0.4, 0.5) is 17.1 Å². The number of anilines is 3. The molecule has 0 atom stereocenters. The van der Waals surface area contributed by atoms with Crippen LogP contribution in [0.3, 0.4) is 0 Å². The van der Waals surface area contributed by atoms with Crippen LogP contribution in [0.15, 0.2) is 192 Å². The first kappa shape index (κ1) is 28.4. The van der Waals surface area contributed by atoms with Gasteiger partial charge < -0.3 is 9.32 Å². The summed E-state index contributed by atoms with van der Waals surface area (Å²) in [4.78, 5) is 2.40. The summed E-state index contributed by atoms with van der Waals surface area (Å²) in [7, 11) is 0. The van der Waals surface area contributed by atoms with Crippen molar-refractivity contribution in [2.45, 2.75) is 0 Å². The lowest BCUT2D eigenvalue weighted by atomic mass is 9.97. The van der Waals surface area contributed by atoms with E-state index < -0.39 is 0 Å². The molecule has 0 saturated carbocycles. The average Bonchev–Trinajstić information content (AvgIpc) is 3.58. The second-order valence-corrected chi connectivity index (χ2v) is 12.9. The van der Waals surface area contributed by atoms with Gasteiger partial charge in [0.05, 0.1) is 5.69 Å². The van der Waals surface area contributed by atoms with Gasteiger partial charge in [0.25, 0.3) is 0 Å². The fourth-order valence-electron chi connectivity index (χ4n) is 7.61. The predicted octanol–water partition coefficient (Wildman–Crippen LogP) is 13.8. The monoisotopic (exact) mass is 637 g/mol. The summed E-state index contributed by atoms with van der Waals surface area (Å²) >= 11 is 0. The second-order valence-electron chi connectivity index (χ2n) is 12.9. The van der Waals surface area contributed by atoms with Gasteiger partial charge in [0.15, 0.2) is 0 Å². The van der Waals surface area contributed by atoms with Crippen LogP contribution < -0.4 is 4.90 Å². The number of hydrogen-bond acceptors (Lipinski definition) is 2. The Hall–Kier alpha value is -6.64. The molecule has 234 valence electrons. The number of benzene rings is 9. The third-order valence-corrected chi connectivity index (χ3v) is 10.0. The number of nitrogens with zero attached hydrogens (tertiary/aromatic N) is 1. The Balaban J connectivity index is 1.12. The number of hydrogen-bond donors (Lipinski definition) is 0. The third kappa shape index (κ3) is 4.65. The van der Waals surface area contributed by atoms with Crippen LogP contribution in [0.25, 0.3) is 76.5 Å². The van der Waals surface area contributed by atoms with Crippen molar-refractivity contribution in [3.05, 3.63) is 188 Å². The summed E-state index contributed by atoms with van der Waals surface area (Å²) in [5, 5.41) is 9.68. The standard InChI is InChI=1S/C48H31NO/c1-2-10-32(11-3-1)33-20-25-38(26-21-33)49(45-31-37-12-4-5-13-40(37)41-14-6-7-15-42(41)45)39-27-22-34(23-28-39)36-19-18-35-24-29-47-48(44(35)30-36)43-16-8-9-17-46(43)50-47/h1-31H. The second kappa shape index (κ2) is 11.5. The quantitative estimate of drug-likeness (QED) is 0.175. The highest BCUT2D eigenvalue weighted by atomic mass is 16.3. The zero-order valence-electron chi connectivity index (χ0n) is 27.3. The van der Waals surface area contributed by atoms with Crippen molar-refractivity contribution >= 4 is 71.3 Å². The fraction of sp³-hybridized carbons (Fsp3) is 0. The topological polar surface area (TPSA) is 16.4 Å². The van der Waals surface area contributed by atoms with Crippen molar-refractivity contribution in [1.82, 2.24) is 0 Å². The van der Waals surface area contributed by atoms with Crippen LogP contribution in [0.1, 0.15) is 0 Å². The van der Waals surface area contributed by atoms with E-state index in [2.05, 4.69) is 181 Å². The van der Waals surface area contributed by atoms with Gasteiger partial charge in [-0.05, 0) is 97.7 Å². The molecule has 0 aliphatic rings. The number of fused-ring (bicyclic) bond motifs is 8. The summed E-state index contributed by atoms with van der Waals surface area (Å²) in [5.41, 5.74) is 9.96. The van der Waals surface area contributed by atoms with Crippen LogP contribution in [0.2, 0.25) is 0 Å². The zero-order valence-corrected chi connectivity index (χ0v) is 27.3. The average molecular weight is 638 g/mol. The molecule has 0 bridgehead atoms. The zero-order chi connectivity index (χ0) is 33.0. The maximum atomic E-state index is 6.22. The fourth-order valence-corrected chi connectivity index (χ4v) is 7.61. The number of furan rings is 1. The minimum atomic E-state index is 0.919. The molecular formula is C48H31NO. The van der Waals surface area contributed by atoms with Gasteiger partial charge in [-0.2, -0.15) is 0 Å². The van der Waals surface area contributed by atoms with Gasteiger partial charge in [0.1, 0.15) is 11.2 Å². The minimum absolute atomic E-state index is 0.919. The van der Waals surface area contributed by atoms with E-state index in [1.54, 1.807) is 0 Å². The highest BCUT2D eigenvalue weighted by Crippen LogP contribution is 2.43. The van der Waals surface area contributed by atoms with Crippen LogP contribution in [-0.4, -0.2) is 0 Å². The summed E-state index contributed by atoms with van der Waals surface area (Å²) in [6, 6.07) is 67.6. The van der Waals surface area contributed by atoms with Gasteiger partial charge in [0, 0.05) is 27.5 Å². The van der Waals surface area contributed by atoms with Gasteiger partial charge >= 0.3 is 0 Å². The Bertz CT molecular complexity index is 2850. The van der Waals surface area contributed by atoms with E-state index in [9.17, 15) is 0 Å². The van der Waals surface area contributed by atoms with E-state index >= 15 is 0 Å². The van der Waals surface area contributed by atoms with Gasteiger partial charge in [-0.15, -0.1) is 0 Å². The molecule has 9 aromatic carbocycles. The van der Waals surface area contributed by atoms with Crippen molar-refractivity contribution in [3.63, 3.8) is 0 Å². The van der Waals surface area contributed by atoms with E-state index in [1.165, 1.54) is 60.0 Å². The summed E-state index contributed by atoms with van der Waals surface area (Å²) < 4.78 is 6.22. The molecule has 0 N–H and O–H groups in total. The van der Waals surface area contributed by atoms with E-state index in [0.29, 0.717) is 0 Å². The van der Waals surface area contributed by atoms with Gasteiger partial charge in [0.2, 0.25) is 0 Å². The Kier molecular flexibility index (Phi) is 6.53. The van der Waals surface area contributed by atoms with Crippen molar-refractivity contribution < 1.29 is 4.42 Å². The highest BCUT2D eigenvalue weighted by molar-refractivity contribution is 6.19. The number of para-hydroxylation sites is 1. The third-order valence-electron chi connectivity index (χ3n) is 10.0. The van der Waals surface area contributed by atoms with Crippen molar-refractivity contribution in [2.24, 2.45) is 0 Å². The lowest BCUT2D eigenvalue weighted by Crippen LogP contribution is -2.10. The molecular weight excluding hydrogens is 607 g/mol. The van der Waals surface area contributed by atoms with Crippen molar-refractivity contribution in [1.29, 1.82) is 0 Å². The van der Waals surface area contributed by atoms with E-state index in [-0.39, 0.29) is 0 Å². The van der Waals surface area contributed by atoms with Crippen LogP contribution in [-0.2, 0) is 0 Å². The highest BCUT2D eigenvalue weighted by Gasteiger charge is 2.18. The molecule has 0 radical (unpaired) electrons. The van der Waals surface area contributed by atoms with Crippen LogP contribution >= 0.6 is 0 Å². The van der Waals surface area contributed by atoms with E-state index in [0.717, 1.165) is 33.6 Å². The Morgan fingerprint density at radius 2 is 0.880 bits per heavy atom. The molecule has 10 aromatic rings. The SMILES string of the molecule is c1ccc(-c2ccc(N(c3ccc(-c4ccc5ccc6oc7ccccc7c6c5c4)cc3)c3cc4ccccc4c4ccccc34)cc2)cc1. The predicted molar refractivity (Wildman–Crippen MR) is 212 cm³/mol. The molecule has 10 rings (SSSR count). The normalized spacial score (nSPS) is 11.6. The molecule has 0 aliphatic heterocycles. The Morgan fingerprint density at radius 3 is 1.64 bits per heavy atom. The first-order chi connectivity index (χ1) is 24.8. The molecule has 0 unspecified atom stereocenters. The largest absolute Gasteiger partial charge is 0.456 e. The molecule has 0 fully saturated rings. The summed E-state index contributed by atoms with van der Waals surface area (Å²) in [6.07, 6.45) is 0. The molecule has 50 heavy (non-hydrogen) atoms. The minimum Gasteiger partial charge on any atom is -0.456 e. The van der Waals surface area contributed by atoms with Gasteiger partial charge in [-0.3, -0.25) is 0 Å². The Labute approximate surface area is 290 Å². The Morgan fingerprint density at radius 1 is 0.320 bits per heavy atom. The number of rotatable bonds is 5. The maximum Gasteiger partial charge on any atom is 0.136 e. The van der Waals surface area contributed by atoms with Gasteiger partial charge in [-0.1, -0.05) is 140 Å². The van der Waals surface area contributed by atoms with E-state index in [4.69, 9.17) is 4.42 Å². The molecule has 0 saturated heterocycles. The first-order valence-corrected chi connectivity index (χ1v) is 17.1. The molecule has 1 aromatic heterocycles. The smallest absolute Gasteiger partial charge is 0.136 e. The van der Waals surface area contributed by atoms with Crippen molar-refractivity contribution in [3.8, 4) is 22.3 Å². The lowest BCUT2D eigenvalue weighted by molar-refractivity contribution is 0.669. The van der Waals surface area contributed by atoms with Crippen molar-refractivity contribution in [2.75, 3.05) is 4.90 Å². The van der Waals surface area contributed by atoms with Gasteiger partial charge in [-0.25, -0.2) is 0 Å². The first-order valence-electron chi connectivity index (χ1n) is 17.1. The molecule has 1 heterocycles. The molecule has 0 spiro atoms.